The summed E-state index contributed by atoms with van der Waals surface area (Å²) >= 11 is 0. The molecule has 1 aromatic heterocycles. The number of nitrogens with one attached hydrogen (secondary N) is 1. The molecule has 0 aliphatic heterocycles. The van der Waals surface area contributed by atoms with Crippen LogP contribution >= 0.6 is 0 Å². The Hall–Kier alpha value is -4.02. The molecule has 2 N–H and O–H groups in total. The van der Waals surface area contributed by atoms with E-state index in [1.54, 1.807) is 0 Å². The molecule has 4 rings (SSSR count). The van der Waals surface area contributed by atoms with Crippen LogP contribution in [-0.4, -0.2) is 30.0 Å². The van der Waals surface area contributed by atoms with Crippen molar-refractivity contribution >= 4 is 23.3 Å². The number of benzene rings is 3. The lowest BCUT2D eigenvalue weighted by Crippen LogP contribution is -2.03. The average molecular weight is 666 g/mol. The number of fused-ring (bicyclic) bond motifs is 1. The quantitative estimate of drug-likeness (QED) is 0.0849. The third kappa shape index (κ3) is 17.8. The summed E-state index contributed by atoms with van der Waals surface area (Å²) in [6.07, 6.45) is 7.09. The first-order chi connectivity index (χ1) is 23.6. The zero-order valence-electron chi connectivity index (χ0n) is 32.6. The lowest BCUT2D eigenvalue weighted by Gasteiger charge is -2.15. The molecule has 0 aliphatic rings. The van der Waals surface area contributed by atoms with E-state index in [1.807, 2.05) is 53.8 Å². The second-order valence-corrected chi connectivity index (χ2v) is 12.3. The molecular weight excluding hydrogens is 599 g/mol. The highest BCUT2D eigenvalue weighted by atomic mass is 16.3. The van der Waals surface area contributed by atoms with Crippen molar-refractivity contribution in [3.63, 3.8) is 0 Å². The van der Waals surface area contributed by atoms with E-state index in [-0.39, 0.29) is 6.04 Å². The zero-order chi connectivity index (χ0) is 37.2. The maximum absolute atomic E-state index is 8.14. The number of anilines is 1. The molecule has 0 saturated carbocycles. The van der Waals surface area contributed by atoms with Crippen LogP contribution in [0.2, 0.25) is 0 Å². The summed E-state index contributed by atoms with van der Waals surface area (Å²) < 4.78 is 0. The molecule has 3 aromatic carbocycles. The lowest BCUT2D eigenvalue weighted by atomic mass is 9.93. The molecule has 4 nitrogen and oxygen atoms in total. The second-order valence-electron chi connectivity index (χ2n) is 12.3. The first kappa shape index (κ1) is 45.0. The standard InChI is InChI=1S/C25H27N.C12H18N2.C4H10O.2C2H6/c1-5-8-18(2)17-25(26-4)21-14-12-20(13-15-21)23-16-11-19(3)22-9-6-7-10-24(22)23;1-10(2)5-4-7-13-12-9-11(3)6-8-14-12;1-4(2)3-5;2*1-2/h6-7,9-16,25H,2,4-5,8,17H2,1,3H3;6,8-9H,1,4-5,7H2,2-3H3,(H,13,14);4-5H,3H2,1-2H3;2*1-2H3. The number of rotatable bonds is 13. The molecular formula is C45H67N3O. The van der Waals surface area contributed by atoms with Gasteiger partial charge in [-0.1, -0.05) is 133 Å². The first-order valence-electron chi connectivity index (χ1n) is 18.2. The molecule has 1 heterocycles. The molecule has 49 heavy (non-hydrogen) atoms. The van der Waals surface area contributed by atoms with Gasteiger partial charge in [0.15, 0.2) is 0 Å². The molecule has 0 saturated heterocycles. The minimum Gasteiger partial charge on any atom is -0.396 e. The predicted octanol–water partition coefficient (Wildman–Crippen LogP) is 13.1. The highest BCUT2D eigenvalue weighted by Gasteiger charge is 2.12. The molecule has 0 radical (unpaired) electrons. The molecule has 1 atom stereocenters. The van der Waals surface area contributed by atoms with E-state index in [9.17, 15) is 0 Å². The van der Waals surface area contributed by atoms with E-state index in [0.717, 1.165) is 44.5 Å². The Bertz CT molecular complexity index is 1490. The molecule has 0 bridgehead atoms. The molecule has 4 aromatic rings. The number of aliphatic hydroxyl groups is 1. The van der Waals surface area contributed by atoms with Crippen LogP contribution in [0.3, 0.4) is 0 Å². The minimum absolute atomic E-state index is 0.0952. The topological polar surface area (TPSA) is 57.5 Å². The van der Waals surface area contributed by atoms with E-state index in [4.69, 9.17) is 5.11 Å². The van der Waals surface area contributed by atoms with E-state index >= 15 is 0 Å². The third-order valence-corrected chi connectivity index (χ3v) is 7.42. The van der Waals surface area contributed by atoms with Gasteiger partial charge in [-0.25, -0.2) is 4.98 Å². The number of aliphatic hydroxyl groups excluding tert-OH is 1. The summed E-state index contributed by atoms with van der Waals surface area (Å²) in [6, 6.07) is 26.0. The van der Waals surface area contributed by atoms with Crippen LogP contribution < -0.4 is 5.32 Å². The summed E-state index contributed by atoms with van der Waals surface area (Å²) in [4.78, 5) is 8.56. The summed E-state index contributed by atoms with van der Waals surface area (Å²) in [5.74, 6) is 1.40. The van der Waals surface area contributed by atoms with Gasteiger partial charge in [0.1, 0.15) is 5.82 Å². The molecule has 268 valence electrons. The Morgan fingerprint density at radius 1 is 0.878 bits per heavy atom. The van der Waals surface area contributed by atoms with Gasteiger partial charge < -0.3 is 10.4 Å². The predicted molar refractivity (Wildman–Crippen MR) is 221 cm³/mol. The summed E-state index contributed by atoms with van der Waals surface area (Å²) in [6.45, 7) is 33.5. The van der Waals surface area contributed by atoms with E-state index in [1.165, 1.54) is 49.7 Å². The number of aliphatic imine (C=N–C) groups is 1. The Kier molecular flexibility index (Phi) is 24.7. The average Bonchev–Trinajstić information content (AvgIpc) is 3.12. The van der Waals surface area contributed by atoms with Gasteiger partial charge in [-0.05, 0) is 110 Å². The molecule has 0 aliphatic carbocycles. The van der Waals surface area contributed by atoms with Crippen molar-refractivity contribution < 1.29 is 5.11 Å². The Balaban J connectivity index is 0.000000840. The molecule has 0 fully saturated rings. The highest BCUT2D eigenvalue weighted by molar-refractivity contribution is 5.98. The summed E-state index contributed by atoms with van der Waals surface area (Å²) in [5.41, 5.74) is 8.75. The fourth-order valence-corrected chi connectivity index (χ4v) is 4.84. The number of hydrogen-bond acceptors (Lipinski definition) is 4. The maximum atomic E-state index is 8.14. The minimum atomic E-state index is 0.0952. The van der Waals surface area contributed by atoms with Gasteiger partial charge in [-0.15, -0.1) is 6.58 Å². The van der Waals surface area contributed by atoms with Crippen LogP contribution in [0, 0.1) is 19.8 Å². The number of aromatic nitrogens is 1. The molecule has 0 amide bonds. The lowest BCUT2D eigenvalue weighted by molar-refractivity contribution is 0.248. The fraction of sp³-hybridized carbons (Fsp3) is 0.422. The van der Waals surface area contributed by atoms with Gasteiger partial charge in [0, 0.05) is 19.3 Å². The number of aryl methyl sites for hydroxylation is 2. The van der Waals surface area contributed by atoms with E-state index in [0.29, 0.717) is 12.5 Å². The van der Waals surface area contributed by atoms with Gasteiger partial charge in [-0.3, -0.25) is 4.99 Å². The largest absolute Gasteiger partial charge is 0.396 e. The second kappa shape index (κ2) is 26.9. The van der Waals surface area contributed by atoms with Gasteiger partial charge in [0.05, 0.1) is 6.04 Å². The van der Waals surface area contributed by atoms with E-state index in [2.05, 4.69) is 130 Å². The van der Waals surface area contributed by atoms with Gasteiger partial charge in [0.2, 0.25) is 0 Å². The SMILES string of the molecule is C=C(C)CCCNc1cc(C)ccn1.C=NC(CC(=C)CCC)c1ccc(-c2ccc(C)c3ccccc23)cc1.CC.CC.CC(C)CO. The third-order valence-electron chi connectivity index (χ3n) is 7.42. The van der Waals surface area contributed by atoms with Crippen LogP contribution in [-0.2, 0) is 0 Å². The van der Waals surface area contributed by atoms with Gasteiger partial charge >= 0.3 is 0 Å². The molecule has 0 spiro atoms. The van der Waals surface area contributed by atoms with E-state index < -0.39 is 0 Å². The van der Waals surface area contributed by atoms with Crippen LogP contribution in [0.25, 0.3) is 21.9 Å². The Morgan fingerprint density at radius 3 is 2.02 bits per heavy atom. The smallest absolute Gasteiger partial charge is 0.126 e. The zero-order valence-corrected chi connectivity index (χ0v) is 32.6. The number of pyridine rings is 1. The van der Waals surface area contributed by atoms with Crippen molar-refractivity contribution in [1.29, 1.82) is 0 Å². The normalized spacial score (nSPS) is 10.4. The van der Waals surface area contributed by atoms with Crippen molar-refractivity contribution in [2.75, 3.05) is 18.5 Å². The number of hydrogen-bond donors (Lipinski definition) is 2. The maximum Gasteiger partial charge on any atom is 0.126 e. The van der Waals surface area contributed by atoms with Crippen molar-refractivity contribution in [2.45, 2.75) is 107 Å². The van der Waals surface area contributed by atoms with Crippen molar-refractivity contribution in [2.24, 2.45) is 10.9 Å². The van der Waals surface area contributed by atoms with Crippen LogP contribution in [0.4, 0.5) is 5.82 Å². The van der Waals surface area contributed by atoms with Crippen molar-refractivity contribution in [3.8, 4) is 11.1 Å². The van der Waals surface area contributed by atoms with Crippen molar-refractivity contribution in [3.05, 3.63) is 120 Å². The monoisotopic (exact) mass is 666 g/mol. The summed E-state index contributed by atoms with van der Waals surface area (Å²) in [7, 11) is 0. The van der Waals surface area contributed by atoms with Gasteiger partial charge in [0.25, 0.3) is 0 Å². The van der Waals surface area contributed by atoms with Crippen LogP contribution in [0.5, 0.6) is 0 Å². The van der Waals surface area contributed by atoms with Gasteiger partial charge in [-0.2, -0.15) is 0 Å². The molecule has 4 heteroatoms. The molecule has 1 unspecified atom stereocenters. The first-order valence-corrected chi connectivity index (χ1v) is 18.2. The Labute approximate surface area is 300 Å². The fourth-order valence-electron chi connectivity index (χ4n) is 4.84. The van der Waals surface area contributed by atoms with Crippen molar-refractivity contribution in [1.82, 2.24) is 4.98 Å². The van der Waals surface area contributed by atoms with Crippen LogP contribution in [0.15, 0.2) is 108 Å². The van der Waals surface area contributed by atoms with Crippen LogP contribution in [0.1, 0.15) is 110 Å². The number of nitrogens with zero attached hydrogens (tertiary/aromatic N) is 2. The summed E-state index contributed by atoms with van der Waals surface area (Å²) in [5, 5.41) is 14.0. The Morgan fingerprint density at radius 2 is 1.49 bits per heavy atom. The highest BCUT2D eigenvalue weighted by Crippen LogP contribution is 2.33. The number of allylic oxidation sites excluding steroid dienone is 1.